The molecule has 0 radical (unpaired) electrons. The van der Waals surface area contributed by atoms with Crippen LogP contribution in [0, 0.1) is 0 Å². The summed E-state index contributed by atoms with van der Waals surface area (Å²) in [7, 11) is 1.72. The molecule has 0 bridgehead atoms. The van der Waals surface area contributed by atoms with Crippen molar-refractivity contribution in [3.8, 4) is 0 Å². The SMILES string of the molecule is CCNC(=NCc1ccc(Cn2cnc3ccccc32)cc1)NCC(C)(C)OC.I. The Morgan fingerprint density at radius 2 is 1.77 bits per heavy atom. The number of guanidine groups is 1. The minimum Gasteiger partial charge on any atom is -0.377 e. The highest BCUT2D eigenvalue weighted by atomic mass is 127. The first-order valence-corrected chi connectivity index (χ1v) is 10.1. The molecule has 2 aromatic carbocycles. The predicted molar refractivity (Wildman–Crippen MR) is 135 cm³/mol. The summed E-state index contributed by atoms with van der Waals surface area (Å²) in [6, 6.07) is 16.8. The minimum atomic E-state index is -0.241. The summed E-state index contributed by atoms with van der Waals surface area (Å²) >= 11 is 0. The summed E-state index contributed by atoms with van der Waals surface area (Å²) in [6.07, 6.45) is 1.90. The van der Waals surface area contributed by atoms with Crippen LogP contribution in [0.2, 0.25) is 0 Å². The molecule has 7 heteroatoms. The van der Waals surface area contributed by atoms with Gasteiger partial charge in [-0.25, -0.2) is 9.98 Å². The van der Waals surface area contributed by atoms with E-state index < -0.39 is 0 Å². The van der Waals surface area contributed by atoms with Gasteiger partial charge >= 0.3 is 0 Å². The summed E-state index contributed by atoms with van der Waals surface area (Å²) in [6.45, 7) is 9.09. The van der Waals surface area contributed by atoms with E-state index in [0.29, 0.717) is 13.1 Å². The van der Waals surface area contributed by atoms with Gasteiger partial charge in [-0.1, -0.05) is 36.4 Å². The zero-order valence-corrected chi connectivity index (χ0v) is 20.5. The van der Waals surface area contributed by atoms with E-state index in [-0.39, 0.29) is 29.6 Å². The van der Waals surface area contributed by atoms with Gasteiger partial charge in [0.05, 0.1) is 29.5 Å². The highest BCUT2D eigenvalue weighted by Gasteiger charge is 2.16. The van der Waals surface area contributed by atoms with Crippen LogP contribution in [0.4, 0.5) is 0 Å². The number of nitrogens with zero attached hydrogens (tertiary/aromatic N) is 3. The number of rotatable bonds is 8. The number of aromatic nitrogens is 2. The molecule has 0 aliphatic rings. The number of imidazole rings is 1. The molecule has 0 saturated carbocycles. The van der Waals surface area contributed by atoms with Gasteiger partial charge in [0.15, 0.2) is 5.96 Å². The van der Waals surface area contributed by atoms with E-state index in [1.165, 1.54) is 11.1 Å². The van der Waals surface area contributed by atoms with Crippen molar-refractivity contribution in [3.05, 3.63) is 66.0 Å². The summed E-state index contributed by atoms with van der Waals surface area (Å²) in [5.74, 6) is 0.798. The Morgan fingerprint density at radius 3 is 2.47 bits per heavy atom. The Balaban J connectivity index is 0.00000320. The molecule has 0 unspecified atom stereocenters. The Hall–Kier alpha value is -2.13. The van der Waals surface area contributed by atoms with E-state index in [2.05, 4.69) is 57.4 Å². The van der Waals surface area contributed by atoms with Crippen LogP contribution in [0.3, 0.4) is 0 Å². The first-order chi connectivity index (χ1) is 14.0. The topological polar surface area (TPSA) is 63.5 Å². The number of aliphatic imine (C=N–C) groups is 1. The molecule has 0 amide bonds. The van der Waals surface area contributed by atoms with Crippen molar-refractivity contribution in [2.45, 2.75) is 39.5 Å². The third-order valence-electron chi connectivity index (χ3n) is 4.90. The van der Waals surface area contributed by atoms with Crippen molar-refractivity contribution >= 4 is 41.0 Å². The van der Waals surface area contributed by atoms with E-state index in [4.69, 9.17) is 9.73 Å². The Labute approximate surface area is 196 Å². The Kier molecular flexibility index (Phi) is 9.10. The number of ether oxygens (including phenoxy) is 1. The maximum Gasteiger partial charge on any atom is 0.191 e. The largest absolute Gasteiger partial charge is 0.377 e. The second-order valence-corrected chi connectivity index (χ2v) is 7.69. The summed E-state index contributed by atoms with van der Waals surface area (Å²) in [5, 5.41) is 6.62. The van der Waals surface area contributed by atoms with Crippen LogP contribution in [-0.2, 0) is 17.8 Å². The van der Waals surface area contributed by atoms with Crippen molar-refractivity contribution in [2.75, 3.05) is 20.2 Å². The van der Waals surface area contributed by atoms with Gasteiger partial charge in [-0.05, 0) is 44.0 Å². The molecule has 3 aromatic rings. The van der Waals surface area contributed by atoms with Crippen LogP contribution in [0.15, 0.2) is 59.9 Å². The molecule has 0 saturated heterocycles. The van der Waals surface area contributed by atoms with Crippen LogP contribution in [-0.4, -0.2) is 41.3 Å². The van der Waals surface area contributed by atoms with Gasteiger partial charge in [0.1, 0.15) is 0 Å². The van der Waals surface area contributed by atoms with Crippen LogP contribution in [0.5, 0.6) is 0 Å². The van der Waals surface area contributed by atoms with Crippen molar-refractivity contribution < 1.29 is 4.74 Å². The van der Waals surface area contributed by atoms with Gasteiger partial charge in [0.2, 0.25) is 0 Å². The van der Waals surface area contributed by atoms with Gasteiger partial charge in [0.25, 0.3) is 0 Å². The van der Waals surface area contributed by atoms with Crippen molar-refractivity contribution in [2.24, 2.45) is 4.99 Å². The van der Waals surface area contributed by atoms with Crippen LogP contribution in [0.1, 0.15) is 31.9 Å². The quantitative estimate of drug-likeness (QED) is 0.265. The van der Waals surface area contributed by atoms with Crippen molar-refractivity contribution in [3.63, 3.8) is 0 Å². The highest BCUT2D eigenvalue weighted by molar-refractivity contribution is 14.0. The molecular weight excluding hydrogens is 489 g/mol. The zero-order valence-electron chi connectivity index (χ0n) is 18.2. The lowest BCUT2D eigenvalue weighted by atomic mass is 10.1. The van der Waals surface area contributed by atoms with Crippen molar-refractivity contribution in [1.29, 1.82) is 0 Å². The summed E-state index contributed by atoms with van der Waals surface area (Å²) in [5.41, 5.74) is 4.36. The van der Waals surface area contributed by atoms with Gasteiger partial charge in [-0.2, -0.15) is 0 Å². The molecule has 30 heavy (non-hydrogen) atoms. The Bertz CT molecular complexity index is 950. The smallest absolute Gasteiger partial charge is 0.191 e. The molecule has 0 aliphatic carbocycles. The van der Waals surface area contributed by atoms with E-state index in [1.807, 2.05) is 38.4 Å². The molecule has 6 nitrogen and oxygen atoms in total. The maximum absolute atomic E-state index is 5.46. The standard InChI is InChI=1S/C23H31N5O.HI/c1-5-24-22(26-16-23(2,3)29-4)25-14-18-10-12-19(13-11-18)15-28-17-27-20-8-6-7-9-21(20)28;/h6-13,17H,5,14-16H2,1-4H3,(H2,24,25,26);1H. The second kappa shape index (κ2) is 11.3. The zero-order chi connectivity index (χ0) is 20.7. The molecule has 2 N–H and O–H groups in total. The van der Waals surface area contributed by atoms with Gasteiger partial charge < -0.3 is 19.9 Å². The molecule has 0 atom stereocenters. The van der Waals surface area contributed by atoms with Crippen LogP contribution in [0.25, 0.3) is 11.0 Å². The lowest BCUT2D eigenvalue weighted by Crippen LogP contribution is -2.45. The average Bonchev–Trinajstić information content (AvgIpc) is 3.14. The van der Waals surface area contributed by atoms with E-state index >= 15 is 0 Å². The third-order valence-corrected chi connectivity index (χ3v) is 4.90. The molecule has 0 fully saturated rings. The monoisotopic (exact) mass is 521 g/mol. The van der Waals surface area contributed by atoms with E-state index in [9.17, 15) is 0 Å². The summed E-state index contributed by atoms with van der Waals surface area (Å²) in [4.78, 5) is 9.15. The second-order valence-electron chi connectivity index (χ2n) is 7.69. The minimum absolute atomic E-state index is 0. The molecule has 3 rings (SSSR count). The molecular formula is C23H32IN5O. The number of halogens is 1. The fourth-order valence-electron chi connectivity index (χ4n) is 2.96. The van der Waals surface area contributed by atoms with E-state index in [0.717, 1.165) is 30.1 Å². The normalized spacial score (nSPS) is 11.9. The van der Waals surface area contributed by atoms with E-state index in [1.54, 1.807) is 7.11 Å². The number of fused-ring (bicyclic) bond motifs is 1. The van der Waals surface area contributed by atoms with Crippen LogP contribution >= 0.6 is 24.0 Å². The van der Waals surface area contributed by atoms with Gasteiger partial charge in [-0.15, -0.1) is 24.0 Å². The third kappa shape index (κ3) is 6.70. The molecule has 1 heterocycles. The number of hydrogen-bond acceptors (Lipinski definition) is 3. The fourth-order valence-corrected chi connectivity index (χ4v) is 2.96. The number of methoxy groups -OCH3 is 1. The van der Waals surface area contributed by atoms with Gasteiger partial charge in [-0.3, -0.25) is 0 Å². The molecule has 162 valence electrons. The maximum atomic E-state index is 5.46. The lowest BCUT2D eigenvalue weighted by molar-refractivity contribution is 0.0268. The number of para-hydroxylation sites is 2. The first-order valence-electron chi connectivity index (χ1n) is 10.1. The molecule has 0 spiro atoms. The number of nitrogens with one attached hydrogen (secondary N) is 2. The first kappa shape index (κ1) is 24.1. The average molecular weight is 521 g/mol. The molecule has 0 aliphatic heterocycles. The van der Waals surface area contributed by atoms with Crippen LogP contribution < -0.4 is 10.6 Å². The lowest BCUT2D eigenvalue weighted by Gasteiger charge is -2.24. The highest BCUT2D eigenvalue weighted by Crippen LogP contribution is 2.15. The summed E-state index contributed by atoms with van der Waals surface area (Å²) < 4.78 is 7.63. The molecule has 1 aromatic heterocycles. The van der Waals surface area contributed by atoms with Gasteiger partial charge in [0, 0.05) is 26.7 Å². The predicted octanol–water partition coefficient (Wildman–Crippen LogP) is 4.18. The van der Waals surface area contributed by atoms with Crippen molar-refractivity contribution in [1.82, 2.24) is 20.2 Å². The number of benzene rings is 2. The fraction of sp³-hybridized carbons (Fsp3) is 0.391. The number of hydrogen-bond donors (Lipinski definition) is 2. The Morgan fingerprint density at radius 1 is 1.07 bits per heavy atom.